The van der Waals surface area contributed by atoms with Crippen LogP contribution in [0.1, 0.15) is 61.0 Å². The minimum atomic E-state index is 0.0179. The molecule has 8 heteroatoms. The molecule has 2 fully saturated rings. The van der Waals surface area contributed by atoms with Crippen molar-refractivity contribution >= 4 is 23.0 Å². The van der Waals surface area contributed by atoms with E-state index < -0.39 is 0 Å². The lowest BCUT2D eigenvalue weighted by Gasteiger charge is -2.33. The Balaban J connectivity index is 1.34. The van der Waals surface area contributed by atoms with Crippen LogP contribution >= 0.6 is 11.3 Å². The average Bonchev–Trinajstić information content (AvgIpc) is 3.42. The molecular weight excluding hydrogens is 390 g/mol. The molecule has 0 spiro atoms. The van der Waals surface area contributed by atoms with E-state index in [2.05, 4.69) is 10.2 Å². The van der Waals surface area contributed by atoms with Crippen molar-refractivity contribution in [2.45, 2.75) is 58.0 Å². The Labute approximate surface area is 174 Å². The Kier molecular flexibility index (Phi) is 6.40. The summed E-state index contributed by atoms with van der Waals surface area (Å²) in [6.07, 6.45) is 6.75. The minimum absolute atomic E-state index is 0.0179. The van der Waals surface area contributed by atoms with Gasteiger partial charge in [0.25, 0.3) is 5.89 Å². The van der Waals surface area contributed by atoms with Crippen LogP contribution in [0.4, 0.5) is 0 Å². The largest absolute Gasteiger partial charge is 0.420 e. The van der Waals surface area contributed by atoms with Gasteiger partial charge in [-0.15, -0.1) is 21.5 Å². The molecule has 0 radical (unpaired) electrons. The van der Waals surface area contributed by atoms with Gasteiger partial charge in [0.2, 0.25) is 11.8 Å². The summed E-state index contributed by atoms with van der Waals surface area (Å²) >= 11 is 1.34. The first kappa shape index (κ1) is 20.2. The number of aryl methyl sites for hydroxylation is 1. The maximum absolute atomic E-state index is 12.9. The summed E-state index contributed by atoms with van der Waals surface area (Å²) in [5, 5.41) is 8.15. The van der Waals surface area contributed by atoms with Gasteiger partial charge in [-0.05, 0) is 50.7 Å². The smallest absolute Gasteiger partial charge is 0.257 e. The summed E-state index contributed by atoms with van der Waals surface area (Å²) in [6.45, 7) is 3.85. The molecule has 0 unspecified atom stereocenters. The zero-order valence-corrected chi connectivity index (χ0v) is 17.6. The molecule has 0 N–H and O–H groups in total. The molecule has 2 aliphatic rings. The maximum Gasteiger partial charge on any atom is 0.257 e. The Morgan fingerprint density at radius 3 is 2.69 bits per heavy atom. The standard InChI is InChI=1S/C21H27N3O4S/c1-14(25)17-7-8-18(29-17)21-23-22-19(28-21)9-10-20(26)24(12-15-4-2-5-15)13-16-6-3-11-27-16/h7-8,15-16H,2-6,9-13H2,1H3/t16-/m1/s1. The molecule has 1 saturated carbocycles. The van der Waals surface area contributed by atoms with Crippen molar-refractivity contribution in [1.82, 2.24) is 15.1 Å². The van der Waals surface area contributed by atoms with Crippen LogP contribution in [-0.4, -0.2) is 52.6 Å². The second-order valence-corrected chi connectivity index (χ2v) is 9.04. The Morgan fingerprint density at radius 2 is 2.03 bits per heavy atom. The van der Waals surface area contributed by atoms with E-state index in [1.54, 1.807) is 6.07 Å². The molecule has 3 heterocycles. The van der Waals surface area contributed by atoms with E-state index >= 15 is 0 Å². The minimum Gasteiger partial charge on any atom is -0.420 e. The third-order valence-electron chi connectivity index (χ3n) is 5.69. The third-order valence-corrected chi connectivity index (χ3v) is 6.86. The number of hydrogen-bond acceptors (Lipinski definition) is 7. The van der Waals surface area contributed by atoms with Gasteiger partial charge in [-0.25, -0.2) is 0 Å². The van der Waals surface area contributed by atoms with Crippen LogP contribution in [0.2, 0.25) is 0 Å². The highest BCUT2D eigenvalue weighted by Gasteiger charge is 2.27. The molecule has 7 nitrogen and oxygen atoms in total. The fourth-order valence-electron chi connectivity index (χ4n) is 3.77. The molecule has 156 valence electrons. The molecule has 1 saturated heterocycles. The first-order chi connectivity index (χ1) is 14.1. The number of carbonyl (C=O) groups excluding carboxylic acids is 2. The van der Waals surface area contributed by atoms with E-state index in [1.807, 2.05) is 11.0 Å². The number of nitrogens with zero attached hydrogens (tertiary/aromatic N) is 3. The van der Waals surface area contributed by atoms with Crippen LogP contribution in [-0.2, 0) is 16.0 Å². The third kappa shape index (κ3) is 5.11. The first-order valence-electron chi connectivity index (χ1n) is 10.4. The summed E-state index contributed by atoms with van der Waals surface area (Å²) in [5.74, 6) is 1.62. The van der Waals surface area contributed by atoms with E-state index in [0.717, 1.165) is 30.9 Å². The number of thiophene rings is 1. The highest BCUT2D eigenvalue weighted by molar-refractivity contribution is 7.17. The van der Waals surface area contributed by atoms with Gasteiger partial charge in [0, 0.05) is 32.5 Å². The van der Waals surface area contributed by atoms with Crippen molar-refractivity contribution in [2.75, 3.05) is 19.7 Å². The van der Waals surface area contributed by atoms with E-state index in [4.69, 9.17) is 9.15 Å². The van der Waals surface area contributed by atoms with Gasteiger partial charge in [0.15, 0.2) is 5.78 Å². The highest BCUT2D eigenvalue weighted by Crippen LogP contribution is 2.29. The molecule has 0 bridgehead atoms. The molecule has 4 rings (SSSR count). The Bertz CT molecular complexity index is 852. The molecular formula is C21H27N3O4S. The van der Waals surface area contributed by atoms with E-state index in [-0.39, 0.29) is 17.8 Å². The second-order valence-electron chi connectivity index (χ2n) is 7.95. The van der Waals surface area contributed by atoms with Crippen LogP contribution in [0.3, 0.4) is 0 Å². The zero-order chi connectivity index (χ0) is 20.2. The number of carbonyl (C=O) groups is 2. The van der Waals surface area contributed by atoms with Crippen LogP contribution in [0.25, 0.3) is 10.8 Å². The normalized spacial score (nSPS) is 19.3. The predicted molar refractivity (Wildman–Crippen MR) is 109 cm³/mol. The van der Waals surface area contributed by atoms with Crippen molar-refractivity contribution in [3.05, 3.63) is 22.9 Å². The number of ether oxygens (including phenoxy) is 1. The van der Waals surface area contributed by atoms with Crippen LogP contribution < -0.4 is 0 Å². The van der Waals surface area contributed by atoms with E-state index in [1.165, 1.54) is 37.5 Å². The Morgan fingerprint density at radius 1 is 1.17 bits per heavy atom. The number of Topliss-reactive ketones (excluding diaryl/α,β-unsaturated/α-hetero) is 1. The van der Waals surface area contributed by atoms with Gasteiger partial charge < -0.3 is 14.1 Å². The fourth-order valence-corrected chi connectivity index (χ4v) is 4.59. The number of aromatic nitrogens is 2. The topological polar surface area (TPSA) is 85.5 Å². The van der Waals surface area contributed by atoms with Crippen molar-refractivity contribution in [2.24, 2.45) is 5.92 Å². The predicted octanol–water partition coefficient (Wildman–Crippen LogP) is 3.74. The summed E-state index contributed by atoms with van der Waals surface area (Å²) in [4.78, 5) is 27.7. The number of ketones is 1. The number of rotatable bonds is 9. The first-order valence-corrected chi connectivity index (χ1v) is 11.2. The van der Waals surface area contributed by atoms with Crippen molar-refractivity contribution < 1.29 is 18.7 Å². The zero-order valence-electron chi connectivity index (χ0n) is 16.8. The molecule has 2 aromatic heterocycles. The lowest BCUT2D eigenvalue weighted by molar-refractivity contribution is -0.134. The molecule has 1 atom stereocenters. The van der Waals surface area contributed by atoms with Crippen molar-refractivity contribution in [3.63, 3.8) is 0 Å². The molecule has 1 aliphatic heterocycles. The lowest BCUT2D eigenvalue weighted by atomic mass is 9.85. The molecule has 2 aromatic rings. The summed E-state index contributed by atoms with van der Waals surface area (Å²) in [5.41, 5.74) is 0. The van der Waals surface area contributed by atoms with Crippen LogP contribution in [0.5, 0.6) is 0 Å². The molecule has 1 aliphatic carbocycles. The van der Waals surface area contributed by atoms with E-state index in [9.17, 15) is 9.59 Å². The van der Waals surface area contributed by atoms with Gasteiger partial charge in [-0.3, -0.25) is 9.59 Å². The SMILES string of the molecule is CC(=O)c1ccc(-c2nnc(CCC(=O)N(CC3CCC3)C[C@H]3CCCO3)o2)s1. The summed E-state index contributed by atoms with van der Waals surface area (Å²) in [6, 6.07) is 3.57. The quantitative estimate of drug-likeness (QED) is 0.578. The fraction of sp³-hybridized carbons (Fsp3) is 0.619. The molecule has 1 amide bonds. The molecule has 29 heavy (non-hydrogen) atoms. The maximum atomic E-state index is 12.9. The van der Waals surface area contributed by atoms with Gasteiger partial charge in [-0.2, -0.15) is 0 Å². The highest BCUT2D eigenvalue weighted by atomic mass is 32.1. The van der Waals surface area contributed by atoms with Gasteiger partial charge in [0.05, 0.1) is 15.9 Å². The average molecular weight is 418 g/mol. The van der Waals surface area contributed by atoms with Crippen molar-refractivity contribution in [1.29, 1.82) is 0 Å². The van der Waals surface area contributed by atoms with Crippen molar-refractivity contribution in [3.8, 4) is 10.8 Å². The van der Waals surface area contributed by atoms with Gasteiger partial charge >= 0.3 is 0 Å². The number of amides is 1. The summed E-state index contributed by atoms with van der Waals surface area (Å²) < 4.78 is 11.5. The molecule has 0 aromatic carbocycles. The van der Waals surface area contributed by atoms with Gasteiger partial charge in [-0.1, -0.05) is 6.42 Å². The number of hydrogen-bond donors (Lipinski definition) is 0. The Hall–Kier alpha value is -2.06. The van der Waals surface area contributed by atoms with Gasteiger partial charge in [0.1, 0.15) is 0 Å². The summed E-state index contributed by atoms with van der Waals surface area (Å²) in [7, 11) is 0. The second kappa shape index (κ2) is 9.17. The van der Waals surface area contributed by atoms with Crippen LogP contribution in [0, 0.1) is 5.92 Å². The van der Waals surface area contributed by atoms with E-state index in [0.29, 0.717) is 42.0 Å². The lowest BCUT2D eigenvalue weighted by Crippen LogP contribution is -2.41. The van der Waals surface area contributed by atoms with Crippen LogP contribution in [0.15, 0.2) is 16.5 Å². The monoisotopic (exact) mass is 417 g/mol.